The minimum atomic E-state index is -0.569. The molecule has 0 atom stereocenters. The molecule has 2 aromatic rings. The summed E-state index contributed by atoms with van der Waals surface area (Å²) in [6, 6.07) is 3.45. The van der Waals surface area contributed by atoms with E-state index in [0.717, 1.165) is 11.9 Å². The summed E-state index contributed by atoms with van der Waals surface area (Å²) >= 11 is 0. The predicted molar refractivity (Wildman–Crippen MR) is 57.9 cm³/mol. The number of aromatic nitrogens is 3. The Labute approximate surface area is 97.3 Å². The molecule has 1 aromatic carbocycles. The highest BCUT2D eigenvalue weighted by Crippen LogP contribution is 2.07. The van der Waals surface area contributed by atoms with E-state index in [1.54, 1.807) is 10.9 Å². The van der Waals surface area contributed by atoms with Gasteiger partial charge in [-0.1, -0.05) is 0 Å². The Hall–Kier alpha value is -1.82. The van der Waals surface area contributed by atoms with Crippen molar-refractivity contribution in [2.45, 2.75) is 13.1 Å². The first-order chi connectivity index (χ1) is 8.15. The van der Waals surface area contributed by atoms with Gasteiger partial charge in [-0.05, 0) is 17.7 Å². The molecule has 17 heavy (non-hydrogen) atoms. The quantitative estimate of drug-likeness (QED) is 0.875. The lowest BCUT2D eigenvalue weighted by atomic mass is 10.2. The van der Waals surface area contributed by atoms with E-state index in [-0.39, 0.29) is 0 Å². The van der Waals surface area contributed by atoms with Crippen LogP contribution in [0.15, 0.2) is 24.5 Å². The summed E-state index contributed by atoms with van der Waals surface area (Å²) in [6.45, 7) is 0.871. The summed E-state index contributed by atoms with van der Waals surface area (Å²) in [6.07, 6.45) is 1.60. The van der Waals surface area contributed by atoms with Crippen molar-refractivity contribution in [1.82, 2.24) is 20.1 Å². The molecule has 0 radical (unpaired) electrons. The normalized spacial score (nSPS) is 10.8. The molecule has 0 bridgehead atoms. The maximum absolute atomic E-state index is 12.9. The zero-order valence-corrected chi connectivity index (χ0v) is 9.32. The number of hydrogen-bond acceptors (Lipinski definition) is 3. The van der Waals surface area contributed by atoms with Crippen LogP contribution in [0.4, 0.5) is 8.78 Å². The van der Waals surface area contributed by atoms with E-state index in [4.69, 9.17) is 0 Å². The van der Waals surface area contributed by atoms with Gasteiger partial charge in [0.1, 0.15) is 23.8 Å². The number of halogens is 2. The fourth-order valence-corrected chi connectivity index (χ4v) is 1.50. The first-order valence-electron chi connectivity index (χ1n) is 5.14. The lowest BCUT2D eigenvalue weighted by Crippen LogP contribution is -2.16. The van der Waals surface area contributed by atoms with E-state index in [9.17, 15) is 8.78 Å². The highest BCUT2D eigenvalue weighted by atomic mass is 19.1. The fraction of sp³-hybridized carbons (Fsp3) is 0.273. The number of rotatable bonds is 4. The van der Waals surface area contributed by atoms with Gasteiger partial charge in [0.25, 0.3) is 0 Å². The fourth-order valence-electron chi connectivity index (χ4n) is 1.50. The minimum absolute atomic E-state index is 0.377. The van der Waals surface area contributed by atoms with Crippen molar-refractivity contribution in [1.29, 1.82) is 0 Å². The molecule has 1 heterocycles. The van der Waals surface area contributed by atoms with Crippen LogP contribution in [0, 0.1) is 11.6 Å². The Morgan fingerprint density at radius 2 is 1.88 bits per heavy atom. The molecule has 0 aliphatic rings. The molecule has 1 aromatic heterocycles. The van der Waals surface area contributed by atoms with Crippen molar-refractivity contribution in [3.8, 4) is 0 Å². The van der Waals surface area contributed by atoms with Gasteiger partial charge >= 0.3 is 0 Å². The van der Waals surface area contributed by atoms with Crippen molar-refractivity contribution < 1.29 is 8.78 Å². The van der Waals surface area contributed by atoms with E-state index >= 15 is 0 Å². The number of benzene rings is 1. The van der Waals surface area contributed by atoms with Gasteiger partial charge < -0.3 is 9.88 Å². The monoisotopic (exact) mass is 238 g/mol. The average molecular weight is 238 g/mol. The first kappa shape index (κ1) is 11.7. The average Bonchev–Trinajstić information content (AvgIpc) is 2.63. The summed E-state index contributed by atoms with van der Waals surface area (Å²) in [4.78, 5) is 0. The van der Waals surface area contributed by atoms with Crippen molar-refractivity contribution in [2.24, 2.45) is 7.05 Å². The second-order valence-electron chi connectivity index (χ2n) is 3.74. The van der Waals surface area contributed by atoms with E-state index in [1.807, 2.05) is 7.05 Å². The first-order valence-corrected chi connectivity index (χ1v) is 5.14. The Morgan fingerprint density at radius 1 is 1.18 bits per heavy atom. The third kappa shape index (κ3) is 3.07. The number of nitrogens with one attached hydrogen (secondary N) is 1. The Bertz CT molecular complexity index is 490. The van der Waals surface area contributed by atoms with Crippen molar-refractivity contribution in [3.63, 3.8) is 0 Å². The third-order valence-electron chi connectivity index (χ3n) is 2.34. The largest absolute Gasteiger partial charge is 0.320 e. The summed E-state index contributed by atoms with van der Waals surface area (Å²) in [5.74, 6) is -0.372. The smallest absolute Gasteiger partial charge is 0.146 e. The van der Waals surface area contributed by atoms with Crippen molar-refractivity contribution in [3.05, 3.63) is 47.5 Å². The standard InChI is InChI=1S/C11H12F2N4/c1-17-7-15-16-11(17)6-14-5-8-2-9(12)4-10(13)3-8/h2-4,7,14H,5-6H2,1H3. The highest BCUT2D eigenvalue weighted by molar-refractivity contribution is 5.17. The van der Waals surface area contributed by atoms with E-state index in [2.05, 4.69) is 15.5 Å². The van der Waals surface area contributed by atoms with Gasteiger partial charge in [-0.3, -0.25) is 0 Å². The number of nitrogens with zero attached hydrogens (tertiary/aromatic N) is 3. The van der Waals surface area contributed by atoms with Gasteiger partial charge in [-0.2, -0.15) is 0 Å². The molecule has 0 saturated carbocycles. The lowest BCUT2D eigenvalue weighted by Gasteiger charge is -2.04. The van der Waals surface area contributed by atoms with Crippen LogP contribution in [0.3, 0.4) is 0 Å². The molecule has 1 N–H and O–H groups in total. The summed E-state index contributed by atoms with van der Waals surface area (Å²) in [7, 11) is 1.83. The molecule has 0 aliphatic heterocycles. The van der Waals surface area contributed by atoms with Crippen LogP contribution in [0.5, 0.6) is 0 Å². The van der Waals surface area contributed by atoms with E-state index < -0.39 is 11.6 Å². The second kappa shape index (κ2) is 5.01. The molecular weight excluding hydrogens is 226 g/mol. The zero-order chi connectivity index (χ0) is 12.3. The molecule has 6 heteroatoms. The van der Waals surface area contributed by atoms with Crippen LogP contribution in [0.1, 0.15) is 11.4 Å². The lowest BCUT2D eigenvalue weighted by molar-refractivity contribution is 0.572. The highest BCUT2D eigenvalue weighted by Gasteiger charge is 2.02. The molecule has 2 rings (SSSR count). The maximum Gasteiger partial charge on any atom is 0.146 e. The Kier molecular flexibility index (Phi) is 3.43. The molecule has 4 nitrogen and oxygen atoms in total. The SMILES string of the molecule is Cn1cnnc1CNCc1cc(F)cc(F)c1. The van der Waals surface area contributed by atoms with Gasteiger partial charge in [-0.15, -0.1) is 10.2 Å². The maximum atomic E-state index is 12.9. The van der Waals surface area contributed by atoms with Gasteiger partial charge in [0.05, 0.1) is 6.54 Å². The van der Waals surface area contributed by atoms with Gasteiger partial charge in [0, 0.05) is 19.7 Å². The molecule has 90 valence electrons. The minimum Gasteiger partial charge on any atom is -0.320 e. The van der Waals surface area contributed by atoms with Crippen molar-refractivity contribution in [2.75, 3.05) is 0 Å². The van der Waals surface area contributed by atoms with Crippen LogP contribution in [0.2, 0.25) is 0 Å². The van der Waals surface area contributed by atoms with E-state index in [1.165, 1.54) is 12.1 Å². The van der Waals surface area contributed by atoms with E-state index in [0.29, 0.717) is 18.7 Å². The molecule has 0 spiro atoms. The number of aryl methyl sites for hydroxylation is 1. The van der Waals surface area contributed by atoms with Crippen LogP contribution in [-0.4, -0.2) is 14.8 Å². The van der Waals surface area contributed by atoms with Gasteiger partial charge in [0.15, 0.2) is 0 Å². The zero-order valence-electron chi connectivity index (χ0n) is 9.32. The molecule has 0 fully saturated rings. The second-order valence-corrected chi connectivity index (χ2v) is 3.74. The third-order valence-corrected chi connectivity index (χ3v) is 2.34. The van der Waals surface area contributed by atoms with Crippen LogP contribution in [0.25, 0.3) is 0 Å². The van der Waals surface area contributed by atoms with Crippen molar-refractivity contribution >= 4 is 0 Å². The molecule has 0 unspecified atom stereocenters. The van der Waals surface area contributed by atoms with Crippen LogP contribution < -0.4 is 5.32 Å². The van der Waals surface area contributed by atoms with Crippen LogP contribution >= 0.6 is 0 Å². The Morgan fingerprint density at radius 3 is 2.47 bits per heavy atom. The van der Waals surface area contributed by atoms with Crippen LogP contribution in [-0.2, 0) is 20.1 Å². The van der Waals surface area contributed by atoms with Gasteiger partial charge in [-0.25, -0.2) is 8.78 Å². The predicted octanol–water partition coefficient (Wildman–Crippen LogP) is 1.38. The Balaban J connectivity index is 1.92. The topological polar surface area (TPSA) is 42.7 Å². The summed E-state index contributed by atoms with van der Waals surface area (Å²) < 4.78 is 27.6. The molecule has 0 amide bonds. The van der Waals surface area contributed by atoms with Gasteiger partial charge in [0.2, 0.25) is 0 Å². The summed E-state index contributed by atoms with van der Waals surface area (Å²) in [5, 5.41) is 10.7. The molecule has 0 saturated heterocycles. The number of hydrogen-bond donors (Lipinski definition) is 1. The molecule has 0 aliphatic carbocycles. The molecular formula is C11H12F2N4. The summed E-state index contributed by atoms with van der Waals surface area (Å²) in [5.41, 5.74) is 0.560.